The molecule has 130 valence electrons. The van der Waals surface area contributed by atoms with E-state index in [4.69, 9.17) is 0 Å². The maximum absolute atomic E-state index is 12.5. The van der Waals surface area contributed by atoms with E-state index in [1.54, 1.807) is 19.2 Å². The van der Waals surface area contributed by atoms with Crippen LogP contribution in [0.1, 0.15) is 18.0 Å². The van der Waals surface area contributed by atoms with Gasteiger partial charge < -0.3 is 4.98 Å². The molecule has 1 atom stereocenters. The van der Waals surface area contributed by atoms with Gasteiger partial charge in [-0.05, 0) is 31.2 Å². The van der Waals surface area contributed by atoms with Crippen molar-refractivity contribution in [1.82, 2.24) is 19.5 Å². The Hall–Kier alpha value is -2.93. The molecule has 2 aromatic heterocycles. The molecular weight excluding hydrogens is 348 g/mol. The van der Waals surface area contributed by atoms with Crippen molar-refractivity contribution in [2.45, 2.75) is 17.3 Å². The Balaban J connectivity index is 1.76. The Labute approximate surface area is 152 Å². The summed E-state index contributed by atoms with van der Waals surface area (Å²) >= 11 is 1.39. The molecule has 2 aromatic carbocycles. The normalized spacial score (nSPS) is 12.5. The number of fused-ring (bicyclic) bond motifs is 2. The molecule has 1 N–H and O–H groups in total. The number of nitrogens with zero attached hydrogens (tertiary/aromatic N) is 3. The number of hydrogen-bond donors (Lipinski definition) is 1. The Morgan fingerprint density at radius 1 is 0.962 bits per heavy atom. The SMILES string of the molecule is C[C@H](Sc1nc2ccccc2c(=O)n1C)c1nc2ccccc2c(=O)[nH]1. The van der Waals surface area contributed by atoms with Crippen LogP contribution in [0.25, 0.3) is 21.8 Å². The molecule has 2 heterocycles. The minimum atomic E-state index is -0.174. The zero-order valence-electron chi connectivity index (χ0n) is 14.3. The van der Waals surface area contributed by atoms with E-state index in [1.165, 1.54) is 16.3 Å². The molecule has 6 nitrogen and oxygen atoms in total. The molecule has 4 rings (SSSR count). The van der Waals surface area contributed by atoms with E-state index < -0.39 is 0 Å². The van der Waals surface area contributed by atoms with Crippen molar-refractivity contribution in [2.75, 3.05) is 0 Å². The summed E-state index contributed by atoms with van der Waals surface area (Å²) in [5.74, 6) is 0.557. The van der Waals surface area contributed by atoms with Gasteiger partial charge in [-0.25, -0.2) is 9.97 Å². The fourth-order valence-electron chi connectivity index (χ4n) is 2.81. The van der Waals surface area contributed by atoms with Gasteiger partial charge in [-0.15, -0.1) is 0 Å². The summed E-state index contributed by atoms with van der Waals surface area (Å²) in [7, 11) is 1.70. The van der Waals surface area contributed by atoms with Gasteiger partial charge in [0.1, 0.15) is 5.82 Å². The third-order valence-corrected chi connectivity index (χ3v) is 5.39. The van der Waals surface area contributed by atoms with Crippen LogP contribution in [0.4, 0.5) is 0 Å². The van der Waals surface area contributed by atoms with E-state index >= 15 is 0 Å². The van der Waals surface area contributed by atoms with Crippen molar-refractivity contribution < 1.29 is 0 Å². The van der Waals surface area contributed by atoms with Crippen LogP contribution < -0.4 is 11.1 Å². The van der Waals surface area contributed by atoms with Gasteiger partial charge in [-0.2, -0.15) is 0 Å². The predicted octanol–water partition coefficient (Wildman–Crippen LogP) is 3.02. The monoisotopic (exact) mass is 364 g/mol. The molecule has 0 bridgehead atoms. The summed E-state index contributed by atoms with van der Waals surface area (Å²) in [6.07, 6.45) is 0. The van der Waals surface area contributed by atoms with Gasteiger partial charge in [0, 0.05) is 7.05 Å². The molecule has 4 aromatic rings. The summed E-state index contributed by atoms with van der Waals surface area (Å²) in [6, 6.07) is 14.5. The molecule has 0 aliphatic carbocycles. The zero-order chi connectivity index (χ0) is 18.3. The number of H-pyrrole nitrogens is 1. The van der Waals surface area contributed by atoms with Crippen molar-refractivity contribution in [2.24, 2.45) is 7.05 Å². The van der Waals surface area contributed by atoms with E-state index in [2.05, 4.69) is 15.0 Å². The first-order valence-corrected chi connectivity index (χ1v) is 9.04. The second kappa shape index (κ2) is 6.42. The third kappa shape index (κ3) is 2.80. The van der Waals surface area contributed by atoms with Crippen LogP contribution in [0.3, 0.4) is 0 Å². The highest BCUT2D eigenvalue weighted by molar-refractivity contribution is 7.99. The van der Waals surface area contributed by atoms with E-state index in [0.29, 0.717) is 32.8 Å². The summed E-state index contributed by atoms with van der Waals surface area (Å²) < 4.78 is 1.53. The average molecular weight is 364 g/mol. The molecule has 0 radical (unpaired) electrons. The van der Waals surface area contributed by atoms with Gasteiger partial charge in [0.25, 0.3) is 11.1 Å². The topological polar surface area (TPSA) is 80.6 Å². The fourth-order valence-corrected chi connectivity index (χ4v) is 3.75. The molecular formula is C19H16N4O2S. The van der Waals surface area contributed by atoms with Crippen molar-refractivity contribution >= 4 is 33.6 Å². The van der Waals surface area contributed by atoms with Crippen LogP contribution in [0.2, 0.25) is 0 Å². The zero-order valence-corrected chi connectivity index (χ0v) is 15.1. The lowest BCUT2D eigenvalue weighted by atomic mass is 10.2. The van der Waals surface area contributed by atoms with Gasteiger partial charge in [0.15, 0.2) is 5.16 Å². The minimum Gasteiger partial charge on any atom is -0.309 e. The van der Waals surface area contributed by atoms with Crippen LogP contribution in [-0.4, -0.2) is 19.5 Å². The van der Waals surface area contributed by atoms with Crippen LogP contribution >= 0.6 is 11.8 Å². The van der Waals surface area contributed by atoms with E-state index in [-0.39, 0.29) is 16.4 Å². The number of para-hydroxylation sites is 2. The quantitative estimate of drug-likeness (QED) is 0.446. The highest BCUT2D eigenvalue weighted by Crippen LogP contribution is 2.31. The maximum atomic E-state index is 12.5. The molecule has 0 amide bonds. The van der Waals surface area contributed by atoms with Crippen molar-refractivity contribution in [3.63, 3.8) is 0 Å². The Bertz CT molecular complexity index is 1250. The van der Waals surface area contributed by atoms with Crippen LogP contribution in [0.5, 0.6) is 0 Å². The molecule has 0 aliphatic heterocycles. The molecule has 0 aliphatic rings. The van der Waals surface area contributed by atoms with Gasteiger partial charge >= 0.3 is 0 Å². The summed E-state index contributed by atoms with van der Waals surface area (Å²) in [4.78, 5) is 36.8. The fraction of sp³-hybridized carbons (Fsp3) is 0.158. The first-order valence-electron chi connectivity index (χ1n) is 8.16. The second-order valence-corrected chi connectivity index (χ2v) is 7.31. The number of thioether (sulfide) groups is 1. The molecule has 0 spiro atoms. The predicted molar refractivity (Wildman–Crippen MR) is 104 cm³/mol. The lowest BCUT2D eigenvalue weighted by Crippen LogP contribution is -2.20. The van der Waals surface area contributed by atoms with Crippen molar-refractivity contribution in [1.29, 1.82) is 0 Å². The standard InChI is InChI=1S/C19H16N4O2S/c1-11(16-20-14-9-5-3-7-12(14)17(24)22-16)26-19-21-15-10-6-4-8-13(15)18(25)23(19)2/h3-11H,1-2H3,(H,20,22,24)/t11-/m0/s1. The van der Waals surface area contributed by atoms with E-state index in [1.807, 2.05) is 43.3 Å². The minimum absolute atomic E-state index is 0.0923. The lowest BCUT2D eigenvalue weighted by Gasteiger charge is -2.13. The number of nitrogens with one attached hydrogen (secondary N) is 1. The van der Waals surface area contributed by atoms with Crippen molar-refractivity contribution in [3.05, 3.63) is 75.1 Å². The van der Waals surface area contributed by atoms with Gasteiger partial charge in [-0.3, -0.25) is 14.2 Å². The van der Waals surface area contributed by atoms with Gasteiger partial charge in [0.2, 0.25) is 0 Å². The number of aromatic nitrogens is 4. The van der Waals surface area contributed by atoms with Gasteiger partial charge in [0.05, 0.1) is 27.1 Å². The highest BCUT2D eigenvalue weighted by atomic mass is 32.2. The van der Waals surface area contributed by atoms with Crippen molar-refractivity contribution in [3.8, 4) is 0 Å². The van der Waals surface area contributed by atoms with E-state index in [0.717, 1.165) is 0 Å². The van der Waals surface area contributed by atoms with Gasteiger partial charge in [-0.1, -0.05) is 36.0 Å². The molecule has 0 saturated carbocycles. The molecule has 26 heavy (non-hydrogen) atoms. The summed E-state index contributed by atoms with van der Waals surface area (Å²) in [5.41, 5.74) is 1.05. The van der Waals surface area contributed by atoms with Crippen LogP contribution in [-0.2, 0) is 7.05 Å². The number of aromatic amines is 1. The third-order valence-electron chi connectivity index (χ3n) is 4.24. The van der Waals surface area contributed by atoms with Crippen LogP contribution in [0, 0.1) is 0 Å². The largest absolute Gasteiger partial charge is 0.309 e. The first kappa shape index (κ1) is 16.5. The number of rotatable bonds is 3. The smallest absolute Gasteiger partial charge is 0.261 e. The average Bonchev–Trinajstić information content (AvgIpc) is 2.66. The van der Waals surface area contributed by atoms with Crippen LogP contribution in [0.15, 0.2) is 63.3 Å². The number of benzene rings is 2. The van der Waals surface area contributed by atoms with E-state index in [9.17, 15) is 9.59 Å². The Morgan fingerprint density at radius 2 is 1.58 bits per heavy atom. The molecule has 0 unspecified atom stereocenters. The molecule has 0 saturated heterocycles. The molecule has 0 fully saturated rings. The highest BCUT2D eigenvalue weighted by Gasteiger charge is 2.16. The first-order chi connectivity index (χ1) is 12.5. The lowest BCUT2D eigenvalue weighted by molar-refractivity contribution is 0.722. The second-order valence-electron chi connectivity index (χ2n) is 6.00. The Kier molecular flexibility index (Phi) is 4.08. The maximum Gasteiger partial charge on any atom is 0.261 e. The Morgan fingerprint density at radius 3 is 2.31 bits per heavy atom. The molecule has 7 heteroatoms. The summed E-state index contributed by atoms with van der Waals surface area (Å²) in [6.45, 7) is 1.93. The number of hydrogen-bond acceptors (Lipinski definition) is 5. The summed E-state index contributed by atoms with van der Waals surface area (Å²) in [5, 5.41) is 1.55.